The molecule has 1 rings (SSSR count). The summed E-state index contributed by atoms with van der Waals surface area (Å²) in [4.78, 5) is 10.9. The predicted octanol–water partition coefficient (Wildman–Crippen LogP) is 0.982. The van der Waals surface area contributed by atoms with Crippen molar-refractivity contribution in [2.45, 2.75) is 32.8 Å². The smallest absolute Gasteiger partial charge is 0.133 e. The third-order valence-electron chi connectivity index (χ3n) is 2.27. The zero-order valence-corrected chi connectivity index (χ0v) is 6.50. The lowest BCUT2D eigenvalue weighted by molar-refractivity contribution is -0.126. The van der Waals surface area contributed by atoms with Crippen LogP contribution >= 0.6 is 0 Å². The van der Waals surface area contributed by atoms with Crippen molar-refractivity contribution in [2.24, 2.45) is 11.8 Å². The highest BCUT2D eigenvalue weighted by Crippen LogP contribution is 2.26. The van der Waals surface area contributed by atoms with Gasteiger partial charge in [-0.3, -0.25) is 4.79 Å². The van der Waals surface area contributed by atoms with Crippen LogP contribution in [0.25, 0.3) is 0 Å². The molecule has 0 spiro atoms. The van der Waals surface area contributed by atoms with Gasteiger partial charge in [-0.2, -0.15) is 0 Å². The van der Waals surface area contributed by atoms with Gasteiger partial charge in [0.15, 0.2) is 0 Å². The Bertz CT molecular complexity index is 128. The average molecular weight is 142 g/mol. The molecule has 1 N–H and O–H groups in total. The van der Waals surface area contributed by atoms with Crippen molar-refractivity contribution in [2.75, 3.05) is 0 Å². The quantitative estimate of drug-likeness (QED) is 0.547. The first-order chi connectivity index (χ1) is 4.61. The number of ketones is 1. The highest BCUT2D eigenvalue weighted by Gasteiger charge is 2.29. The maximum absolute atomic E-state index is 10.9. The second-order valence-corrected chi connectivity index (χ2v) is 3.39. The molecule has 0 aromatic rings. The van der Waals surface area contributed by atoms with E-state index in [1.165, 1.54) is 0 Å². The summed E-state index contributed by atoms with van der Waals surface area (Å²) in [5.74, 6) is 0.623. The van der Waals surface area contributed by atoms with Crippen LogP contribution < -0.4 is 0 Å². The maximum atomic E-state index is 10.9. The summed E-state index contributed by atoms with van der Waals surface area (Å²) in [5, 5.41) is 9.41. The number of Topliss-reactive ketones (excluding diaryl/α,β-unsaturated/α-hetero) is 1. The van der Waals surface area contributed by atoms with E-state index in [-0.39, 0.29) is 17.9 Å². The van der Waals surface area contributed by atoms with E-state index in [1.54, 1.807) is 0 Å². The predicted molar refractivity (Wildman–Crippen MR) is 38.6 cm³/mol. The minimum atomic E-state index is -0.266. The standard InChI is InChI=1S/C8H14O2/c1-5-3-7(9)4-6(2)8(5)10/h5-6,8,10H,3-4H2,1-2H3. The lowest BCUT2D eigenvalue weighted by atomic mass is 9.80. The fraction of sp³-hybridized carbons (Fsp3) is 0.875. The van der Waals surface area contributed by atoms with E-state index in [4.69, 9.17) is 0 Å². The Morgan fingerprint density at radius 1 is 1.30 bits per heavy atom. The van der Waals surface area contributed by atoms with Gasteiger partial charge in [0.25, 0.3) is 0 Å². The largest absolute Gasteiger partial charge is 0.393 e. The number of rotatable bonds is 0. The van der Waals surface area contributed by atoms with Gasteiger partial charge in [-0.05, 0) is 11.8 Å². The zero-order chi connectivity index (χ0) is 7.72. The molecule has 0 aromatic carbocycles. The van der Waals surface area contributed by atoms with Crippen LogP contribution in [0.1, 0.15) is 26.7 Å². The lowest BCUT2D eigenvalue weighted by Gasteiger charge is -2.29. The van der Waals surface area contributed by atoms with Crippen molar-refractivity contribution < 1.29 is 9.90 Å². The summed E-state index contributed by atoms with van der Waals surface area (Å²) in [6.07, 6.45) is 0.856. The molecule has 0 radical (unpaired) electrons. The summed E-state index contributed by atoms with van der Waals surface area (Å²) < 4.78 is 0. The van der Waals surface area contributed by atoms with Gasteiger partial charge in [0.2, 0.25) is 0 Å². The van der Waals surface area contributed by atoms with Gasteiger partial charge in [0.05, 0.1) is 6.10 Å². The molecule has 0 bridgehead atoms. The van der Waals surface area contributed by atoms with E-state index in [1.807, 2.05) is 13.8 Å². The second kappa shape index (κ2) is 2.70. The van der Waals surface area contributed by atoms with Crippen LogP contribution in [0, 0.1) is 11.8 Å². The first-order valence-electron chi connectivity index (χ1n) is 3.81. The molecule has 10 heavy (non-hydrogen) atoms. The third-order valence-corrected chi connectivity index (χ3v) is 2.27. The van der Waals surface area contributed by atoms with Crippen molar-refractivity contribution in [1.29, 1.82) is 0 Å². The van der Waals surface area contributed by atoms with E-state index < -0.39 is 0 Å². The molecule has 0 aliphatic heterocycles. The molecule has 0 aromatic heterocycles. The summed E-state index contributed by atoms with van der Waals surface area (Å²) >= 11 is 0. The number of aliphatic hydroxyl groups excluding tert-OH is 1. The van der Waals surface area contributed by atoms with E-state index >= 15 is 0 Å². The van der Waals surface area contributed by atoms with Crippen LogP contribution in [-0.2, 0) is 4.79 Å². The summed E-state index contributed by atoms with van der Waals surface area (Å²) in [6.45, 7) is 3.86. The summed E-state index contributed by atoms with van der Waals surface area (Å²) in [7, 11) is 0. The first-order valence-corrected chi connectivity index (χ1v) is 3.81. The number of hydrogen-bond acceptors (Lipinski definition) is 2. The van der Waals surface area contributed by atoms with Crippen molar-refractivity contribution in [3.63, 3.8) is 0 Å². The molecule has 2 heteroatoms. The van der Waals surface area contributed by atoms with E-state index in [2.05, 4.69) is 0 Å². The molecule has 1 fully saturated rings. The summed E-state index contributed by atoms with van der Waals surface area (Å²) in [6, 6.07) is 0. The molecule has 0 heterocycles. The van der Waals surface area contributed by atoms with E-state index in [0.717, 1.165) is 0 Å². The second-order valence-electron chi connectivity index (χ2n) is 3.39. The Kier molecular flexibility index (Phi) is 2.09. The number of carbonyl (C=O) groups excluding carboxylic acids is 1. The van der Waals surface area contributed by atoms with Crippen LogP contribution in [0.15, 0.2) is 0 Å². The normalized spacial score (nSPS) is 41.9. The fourth-order valence-corrected chi connectivity index (χ4v) is 1.60. The molecule has 58 valence electrons. The molecule has 1 saturated carbocycles. The number of aliphatic hydroxyl groups is 1. The molecule has 0 amide bonds. The average Bonchev–Trinajstić information content (AvgIpc) is 1.82. The Balaban J connectivity index is 2.57. The van der Waals surface area contributed by atoms with Crippen LogP contribution in [0.4, 0.5) is 0 Å². The zero-order valence-electron chi connectivity index (χ0n) is 6.50. The van der Waals surface area contributed by atoms with Crippen molar-refractivity contribution >= 4 is 5.78 Å². The Labute approximate surface area is 61.2 Å². The van der Waals surface area contributed by atoms with E-state index in [0.29, 0.717) is 18.6 Å². The SMILES string of the molecule is CC1CC(=O)CC(C)C1O. The van der Waals surface area contributed by atoms with Gasteiger partial charge >= 0.3 is 0 Å². The number of carbonyl (C=O) groups is 1. The van der Waals surface area contributed by atoms with Crippen LogP contribution in [-0.4, -0.2) is 17.0 Å². The Hall–Kier alpha value is -0.370. The summed E-state index contributed by atoms with van der Waals surface area (Å²) in [5.41, 5.74) is 0. The molecule has 0 saturated heterocycles. The van der Waals surface area contributed by atoms with Crippen molar-refractivity contribution in [1.82, 2.24) is 0 Å². The van der Waals surface area contributed by atoms with Gasteiger partial charge in [-0.15, -0.1) is 0 Å². The minimum absolute atomic E-state index is 0.163. The molecule has 2 atom stereocenters. The van der Waals surface area contributed by atoms with Crippen LogP contribution in [0.2, 0.25) is 0 Å². The molecule has 1 aliphatic rings. The molecule has 1 aliphatic carbocycles. The van der Waals surface area contributed by atoms with Gasteiger partial charge in [-0.1, -0.05) is 13.8 Å². The van der Waals surface area contributed by atoms with E-state index in [9.17, 15) is 9.90 Å². The molecular weight excluding hydrogens is 128 g/mol. The highest BCUT2D eigenvalue weighted by molar-refractivity contribution is 5.79. The van der Waals surface area contributed by atoms with Crippen molar-refractivity contribution in [3.8, 4) is 0 Å². The third kappa shape index (κ3) is 1.37. The maximum Gasteiger partial charge on any atom is 0.133 e. The van der Waals surface area contributed by atoms with Gasteiger partial charge < -0.3 is 5.11 Å². The van der Waals surface area contributed by atoms with Gasteiger partial charge in [0, 0.05) is 12.8 Å². The van der Waals surface area contributed by atoms with Crippen molar-refractivity contribution in [3.05, 3.63) is 0 Å². The topological polar surface area (TPSA) is 37.3 Å². The van der Waals surface area contributed by atoms with Gasteiger partial charge in [0.1, 0.15) is 5.78 Å². The van der Waals surface area contributed by atoms with Gasteiger partial charge in [-0.25, -0.2) is 0 Å². The minimum Gasteiger partial charge on any atom is -0.393 e. The molecular formula is C8H14O2. The molecule has 2 nitrogen and oxygen atoms in total. The first kappa shape index (κ1) is 7.73. The Morgan fingerprint density at radius 3 is 2.10 bits per heavy atom. The fourth-order valence-electron chi connectivity index (χ4n) is 1.60. The molecule has 2 unspecified atom stereocenters. The van der Waals surface area contributed by atoms with Crippen LogP contribution in [0.3, 0.4) is 0 Å². The highest BCUT2D eigenvalue weighted by atomic mass is 16.3. The lowest BCUT2D eigenvalue weighted by Crippen LogP contribution is -2.34. The monoisotopic (exact) mass is 142 g/mol. The number of hydrogen-bond donors (Lipinski definition) is 1. The van der Waals surface area contributed by atoms with Crippen LogP contribution in [0.5, 0.6) is 0 Å². The Morgan fingerprint density at radius 2 is 1.70 bits per heavy atom.